The number of carbonyl (C=O) groups excluding carboxylic acids is 2. The number of nitrogens with one attached hydrogen (secondary N) is 1. The van der Waals surface area contributed by atoms with Crippen molar-refractivity contribution >= 4 is 28.4 Å². The third-order valence-corrected chi connectivity index (χ3v) is 5.56. The van der Waals surface area contributed by atoms with Crippen molar-refractivity contribution in [2.45, 2.75) is 37.8 Å². The summed E-state index contributed by atoms with van der Waals surface area (Å²) in [5, 5.41) is 11.0. The molecule has 1 saturated carbocycles. The van der Waals surface area contributed by atoms with Gasteiger partial charge in [0.1, 0.15) is 11.6 Å². The molecular formula is C20H22N2O4. The quantitative estimate of drug-likeness (QED) is 0.589. The van der Waals surface area contributed by atoms with Crippen molar-refractivity contribution in [3.05, 3.63) is 48.7 Å². The molecule has 0 radical (unpaired) electrons. The minimum Gasteiger partial charge on any atom is -0.480 e. The Labute approximate surface area is 151 Å². The Balaban J connectivity index is 2.10. The first-order valence-corrected chi connectivity index (χ1v) is 8.54. The summed E-state index contributed by atoms with van der Waals surface area (Å²) >= 11 is 0. The maximum Gasteiger partial charge on any atom is 0.324 e. The van der Waals surface area contributed by atoms with Gasteiger partial charge in [0.25, 0.3) is 0 Å². The number of ketones is 2. The highest BCUT2D eigenvalue weighted by molar-refractivity contribution is 6.24. The molecule has 6 heteroatoms. The number of benzene rings is 1. The van der Waals surface area contributed by atoms with Crippen LogP contribution in [0.1, 0.15) is 31.7 Å². The van der Waals surface area contributed by atoms with Crippen LogP contribution in [-0.2, 0) is 14.4 Å². The zero-order chi connectivity index (χ0) is 19.1. The average Bonchev–Trinajstić information content (AvgIpc) is 3.03. The van der Waals surface area contributed by atoms with Crippen LogP contribution in [0.15, 0.2) is 43.1 Å². The van der Waals surface area contributed by atoms with Crippen LogP contribution in [0.5, 0.6) is 0 Å². The third-order valence-electron chi connectivity index (χ3n) is 5.56. The molecule has 1 aliphatic rings. The topological polar surface area (TPSA) is 90.5 Å². The van der Waals surface area contributed by atoms with Crippen LogP contribution in [0.25, 0.3) is 10.9 Å². The number of hydrogen-bond acceptors (Lipinski definition) is 4. The number of aromatic amines is 1. The Morgan fingerprint density at radius 2 is 2.08 bits per heavy atom. The Hall–Kier alpha value is -2.73. The van der Waals surface area contributed by atoms with E-state index in [2.05, 4.69) is 11.6 Å². The molecule has 0 bridgehead atoms. The number of para-hydroxylation sites is 1. The molecule has 1 heterocycles. The van der Waals surface area contributed by atoms with E-state index in [1.165, 1.54) is 11.0 Å². The number of fused-ring (bicyclic) bond motifs is 1. The molecule has 0 amide bonds. The smallest absolute Gasteiger partial charge is 0.324 e. The summed E-state index contributed by atoms with van der Waals surface area (Å²) in [5.74, 6) is -2.03. The number of carboxylic acid groups (broad SMARTS) is 1. The molecule has 6 nitrogen and oxygen atoms in total. The molecule has 1 unspecified atom stereocenters. The van der Waals surface area contributed by atoms with Gasteiger partial charge in [-0.05, 0) is 18.6 Å². The highest BCUT2D eigenvalue weighted by atomic mass is 16.4. The normalized spacial score (nSPS) is 18.6. The molecule has 0 aliphatic heterocycles. The van der Waals surface area contributed by atoms with Gasteiger partial charge in [0, 0.05) is 29.6 Å². The van der Waals surface area contributed by atoms with Gasteiger partial charge in [-0.3, -0.25) is 19.3 Å². The fraction of sp³-hybridized carbons (Fsp3) is 0.350. The molecule has 0 saturated heterocycles. The van der Waals surface area contributed by atoms with Crippen molar-refractivity contribution in [1.82, 2.24) is 9.88 Å². The van der Waals surface area contributed by atoms with E-state index in [4.69, 9.17) is 0 Å². The monoisotopic (exact) mass is 354 g/mol. The van der Waals surface area contributed by atoms with Crippen LogP contribution in [0.4, 0.5) is 0 Å². The number of H-pyrrole nitrogens is 1. The molecular weight excluding hydrogens is 332 g/mol. The van der Waals surface area contributed by atoms with Crippen molar-refractivity contribution in [3.63, 3.8) is 0 Å². The van der Waals surface area contributed by atoms with Crippen LogP contribution in [0.2, 0.25) is 0 Å². The summed E-state index contributed by atoms with van der Waals surface area (Å²) in [6, 6.07) is 6.63. The predicted octanol–water partition coefficient (Wildman–Crippen LogP) is 2.51. The molecule has 0 spiro atoms. The zero-order valence-electron chi connectivity index (χ0n) is 14.9. The first-order valence-electron chi connectivity index (χ1n) is 8.54. The number of hydrogen-bond donors (Lipinski definition) is 2. The van der Waals surface area contributed by atoms with E-state index in [1.54, 1.807) is 13.1 Å². The van der Waals surface area contributed by atoms with Gasteiger partial charge in [-0.15, -0.1) is 6.58 Å². The van der Waals surface area contributed by atoms with Gasteiger partial charge in [-0.25, -0.2) is 0 Å². The molecule has 3 rings (SSSR count). The van der Waals surface area contributed by atoms with E-state index in [-0.39, 0.29) is 24.5 Å². The fourth-order valence-electron chi connectivity index (χ4n) is 3.78. The summed E-state index contributed by atoms with van der Waals surface area (Å²) in [4.78, 5) is 41.1. The van der Waals surface area contributed by atoms with E-state index < -0.39 is 23.5 Å². The number of aliphatic carboxylic acids is 1. The molecule has 1 fully saturated rings. The van der Waals surface area contributed by atoms with Gasteiger partial charge in [0.05, 0.1) is 6.42 Å². The van der Waals surface area contributed by atoms with E-state index in [1.807, 2.05) is 31.2 Å². The van der Waals surface area contributed by atoms with Crippen LogP contribution in [-0.4, -0.2) is 50.7 Å². The van der Waals surface area contributed by atoms with Crippen molar-refractivity contribution in [2.75, 3.05) is 6.54 Å². The lowest BCUT2D eigenvalue weighted by Crippen LogP contribution is -2.66. The SMILES string of the molecule is C=CCN(C1C(=O)CC1=O)[C@](C)(C(=O)O)C(C)c1c[nH]c2ccccc12. The first-order chi connectivity index (χ1) is 12.3. The second-order valence-corrected chi connectivity index (χ2v) is 6.92. The third kappa shape index (κ3) is 2.57. The van der Waals surface area contributed by atoms with Gasteiger partial charge in [0.15, 0.2) is 11.6 Å². The zero-order valence-corrected chi connectivity index (χ0v) is 14.9. The van der Waals surface area contributed by atoms with Crippen molar-refractivity contribution in [1.29, 1.82) is 0 Å². The molecule has 2 N–H and O–H groups in total. The predicted molar refractivity (Wildman–Crippen MR) is 98.1 cm³/mol. The first kappa shape index (κ1) is 18.1. The van der Waals surface area contributed by atoms with Gasteiger partial charge < -0.3 is 10.1 Å². The highest BCUT2D eigenvalue weighted by Crippen LogP contribution is 2.39. The van der Waals surface area contributed by atoms with Gasteiger partial charge >= 0.3 is 5.97 Å². The van der Waals surface area contributed by atoms with E-state index >= 15 is 0 Å². The molecule has 1 aromatic heterocycles. The van der Waals surface area contributed by atoms with E-state index in [9.17, 15) is 19.5 Å². The lowest BCUT2D eigenvalue weighted by molar-refractivity contribution is -0.160. The molecule has 26 heavy (non-hydrogen) atoms. The number of aromatic nitrogens is 1. The molecule has 1 aromatic carbocycles. The lowest BCUT2D eigenvalue weighted by atomic mass is 9.76. The van der Waals surface area contributed by atoms with Crippen molar-refractivity contribution in [2.24, 2.45) is 0 Å². The minimum absolute atomic E-state index is 0.129. The van der Waals surface area contributed by atoms with E-state index in [0.29, 0.717) is 0 Å². The minimum atomic E-state index is -1.45. The Bertz CT molecular complexity index is 886. The van der Waals surface area contributed by atoms with Crippen LogP contribution < -0.4 is 0 Å². The average molecular weight is 354 g/mol. The second kappa shape index (κ2) is 6.53. The van der Waals surface area contributed by atoms with Crippen LogP contribution in [0, 0.1) is 0 Å². The van der Waals surface area contributed by atoms with Crippen molar-refractivity contribution < 1.29 is 19.5 Å². The van der Waals surface area contributed by atoms with E-state index in [0.717, 1.165) is 16.5 Å². The largest absolute Gasteiger partial charge is 0.480 e. The maximum absolute atomic E-state index is 12.4. The number of Topliss-reactive ketones (excluding diaryl/α,β-unsaturated/α-hetero) is 2. The Morgan fingerprint density at radius 1 is 1.42 bits per heavy atom. The number of nitrogens with zero attached hydrogens (tertiary/aromatic N) is 1. The summed E-state index contributed by atoms with van der Waals surface area (Å²) in [6.45, 7) is 7.20. The Kier molecular flexibility index (Phi) is 4.54. The van der Waals surface area contributed by atoms with Crippen LogP contribution >= 0.6 is 0 Å². The molecule has 1 aliphatic carbocycles. The van der Waals surface area contributed by atoms with Crippen LogP contribution in [0.3, 0.4) is 0 Å². The number of carbonyl (C=O) groups is 3. The molecule has 2 atom stereocenters. The van der Waals surface area contributed by atoms with Gasteiger partial charge in [0.2, 0.25) is 0 Å². The fourth-order valence-corrected chi connectivity index (χ4v) is 3.78. The molecule has 136 valence electrons. The molecule has 2 aromatic rings. The van der Waals surface area contributed by atoms with Gasteiger partial charge in [-0.2, -0.15) is 0 Å². The van der Waals surface area contributed by atoms with Gasteiger partial charge in [-0.1, -0.05) is 31.2 Å². The summed E-state index contributed by atoms with van der Waals surface area (Å²) in [6.07, 6.45) is 3.20. The Morgan fingerprint density at radius 3 is 2.65 bits per heavy atom. The second-order valence-electron chi connectivity index (χ2n) is 6.92. The summed E-state index contributed by atoms with van der Waals surface area (Å²) in [7, 11) is 0. The summed E-state index contributed by atoms with van der Waals surface area (Å²) in [5.41, 5.74) is 0.294. The lowest BCUT2D eigenvalue weighted by Gasteiger charge is -2.47. The maximum atomic E-state index is 12.4. The number of carboxylic acids is 1. The summed E-state index contributed by atoms with van der Waals surface area (Å²) < 4.78 is 0. The standard InChI is InChI=1S/C20H22N2O4/c1-4-9-22(18-16(23)10-17(18)24)20(3,19(25)26)12(2)14-11-21-15-8-6-5-7-13(14)15/h4-8,11-12,18,21H,1,9-10H2,2-3H3,(H,25,26)/t12?,20-/m0/s1. The van der Waals surface area contributed by atoms with Crippen molar-refractivity contribution in [3.8, 4) is 0 Å². The highest BCUT2D eigenvalue weighted by Gasteiger charge is 2.54. The number of rotatable bonds is 7.